The van der Waals surface area contributed by atoms with E-state index in [2.05, 4.69) is 17.9 Å². The van der Waals surface area contributed by atoms with Crippen molar-refractivity contribution in [3.63, 3.8) is 0 Å². The Morgan fingerprint density at radius 3 is 2.67 bits per heavy atom. The smallest absolute Gasteiger partial charge is 0.293 e. The molecule has 21 heavy (non-hydrogen) atoms. The molecular formula is C15H29BNO3S. The zero-order valence-corrected chi connectivity index (χ0v) is 14.6. The normalized spacial score (nSPS) is 23.3. The molecule has 1 saturated heterocycles. The van der Waals surface area contributed by atoms with Gasteiger partial charge in [-0.1, -0.05) is 12.7 Å². The molecule has 2 atom stereocenters. The van der Waals surface area contributed by atoms with Crippen molar-refractivity contribution in [2.45, 2.75) is 69.7 Å². The quantitative estimate of drug-likeness (QED) is 0.345. The molecule has 1 radical (unpaired) electrons. The van der Waals surface area contributed by atoms with E-state index in [4.69, 9.17) is 9.76 Å². The Kier molecular flexibility index (Phi) is 7.24. The van der Waals surface area contributed by atoms with Gasteiger partial charge in [-0.2, -0.15) is 12.6 Å². The van der Waals surface area contributed by atoms with Gasteiger partial charge in [-0.15, -0.1) is 0 Å². The first-order valence-electron chi connectivity index (χ1n) is 7.78. The number of rotatable bonds is 9. The molecule has 0 amide bonds. The number of aliphatic hydroxyl groups excluding tert-OH is 1. The van der Waals surface area contributed by atoms with Crippen LogP contribution in [0.5, 0.6) is 0 Å². The van der Waals surface area contributed by atoms with Gasteiger partial charge >= 0.3 is 0 Å². The summed E-state index contributed by atoms with van der Waals surface area (Å²) in [5, 5.41) is 12.1. The van der Waals surface area contributed by atoms with Crippen molar-refractivity contribution < 1.29 is 14.6 Å². The van der Waals surface area contributed by atoms with Crippen LogP contribution in [0, 0.1) is 5.92 Å². The lowest BCUT2D eigenvalue weighted by Crippen LogP contribution is -2.44. The fourth-order valence-corrected chi connectivity index (χ4v) is 2.47. The minimum absolute atomic E-state index is 0.0873. The van der Waals surface area contributed by atoms with Crippen LogP contribution in [-0.4, -0.2) is 47.9 Å². The van der Waals surface area contributed by atoms with E-state index in [-0.39, 0.29) is 28.8 Å². The summed E-state index contributed by atoms with van der Waals surface area (Å²) in [5.41, 5.74) is -0.319. The fraction of sp³-hybridized carbons (Fsp3) is 0.933. The molecule has 0 aromatic carbocycles. The third kappa shape index (κ3) is 5.59. The lowest BCUT2D eigenvalue weighted by atomic mass is 9.83. The highest BCUT2D eigenvalue weighted by atomic mass is 32.1. The number of nitrogens with one attached hydrogen (secondary N) is 1. The van der Waals surface area contributed by atoms with Gasteiger partial charge in [0.15, 0.2) is 5.78 Å². The third-order valence-electron chi connectivity index (χ3n) is 4.60. The molecule has 0 aromatic heterocycles. The molecule has 0 aromatic rings. The molecule has 1 heterocycles. The summed E-state index contributed by atoms with van der Waals surface area (Å²) in [5.74, 6) is 0.253. The minimum Gasteiger partial charge on any atom is -0.434 e. The molecule has 1 aliphatic heterocycles. The Bertz CT molecular complexity index is 344. The summed E-state index contributed by atoms with van der Waals surface area (Å²) in [4.78, 5) is 11.6. The van der Waals surface area contributed by atoms with E-state index in [1.54, 1.807) is 0 Å². The number of aliphatic hydroxyl groups is 1. The summed E-state index contributed by atoms with van der Waals surface area (Å²) in [6.07, 6.45) is 3.84. The first-order chi connectivity index (χ1) is 9.69. The van der Waals surface area contributed by atoms with Crippen molar-refractivity contribution in [1.29, 1.82) is 0 Å². The van der Waals surface area contributed by atoms with Crippen LogP contribution in [0.4, 0.5) is 0 Å². The molecule has 0 saturated carbocycles. The third-order valence-corrected chi connectivity index (χ3v) is 5.14. The first-order valence-corrected chi connectivity index (χ1v) is 8.22. The van der Waals surface area contributed by atoms with Crippen molar-refractivity contribution in [2.75, 3.05) is 13.2 Å². The van der Waals surface area contributed by atoms with E-state index in [1.807, 2.05) is 35.2 Å². The van der Waals surface area contributed by atoms with Gasteiger partial charge in [0.2, 0.25) is 0 Å². The van der Waals surface area contributed by atoms with E-state index in [0.717, 1.165) is 32.1 Å². The number of thiol groups is 1. The summed E-state index contributed by atoms with van der Waals surface area (Å²) >= 11 is 4.56. The second-order valence-electron chi connectivity index (χ2n) is 6.89. The van der Waals surface area contributed by atoms with Gasteiger partial charge in [-0.3, -0.25) is 4.79 Å². The minimum atomic E-state index is -0.366. The predicted octanol–water partition coefficient (Wildman–Crippen LogP) is 1.85. The van der Waals surface area contributed by atoms with Crippen molar-refractivity contribution >= 4 is 25.9 Å². The van der Waals surface area contributed by atoms with Crippen LogP contribution >= 0.6 is 12.6 Å². The average Bonchev–Trinajstić information content (AvgIpc) is 2.84. The molecule has 1 rings (SSSR count). The average molecular weight is 314 g/mol. The maximum absolute atomic E-state index is 11.6. The standard InChI is InChI=1S/C15H29BNO3S/c1-14(2,15(3,4)21)20-16-8-5-6-11-7-9-17-13(11)12(19)10-18/h11,13,17-18,21H,5-10H2,1-4H3. The topological polar surface area (TPSA) is 58.6 Å². The predicted molar refractivity (Wildman–Crippen MR) is 90.0 cm³/mol. The van der Waals surface area contributed by atoms with Crippen molar-refractivity contribution in [2.24, 2.45) is 5.92 Å². The summed E-state index contributed by atoms with van der Waals surface area (Å²) in [7, 11) is 1.86. The van der Waals surface area contributed by atoms with E-state index >= 15 is 0 Å². The molecule has 6 heteroatoms. The zero-order valence-electron chi connectivity index (χ0n) is 13.7. The molecule has 0 aliphatic carbocycles. The molecule has 2 N–H and O–H groups in total. The van der Waals surface area contributed by atoms with Crippen LogP contribution in [0.1, 0.15) is 47.0 Å². The van der Waals surface area contributed by atoms with Gasteiger partial charge in [0.25, 0.3) is 7.48 Å². The number of Topliss-reactive ketones (excluding diaryl/α,β-unsaturated/α-hetero) is 1. The van der Waals surface area contributed by atoms with Crippen molar-refractivity contribution in [3.8, 4) is 0 Å². The molecule has 4 nitrogen and oxygen atoms in total. The maximum atomic E-state index is 11.6. The lowest BCUT2D eigenvalue weighted by molar-refractivity contribution is -0.124. The van der Waals surface area contributed by atoms with E-state index in [1.165, 1.54) is 0 Å². The van der Waals surface area contributed by atoms with Crippen LogP contribution in [-0.2, 0) is 9.45 Å². The Hall–Kier alpha value is -0.0351. The van der Waals surface area contributed by atoms with Gasteiger partial charge in [0, 0.05) is 4.75 Å². The largest absolute Gasteiger partial charge is 0.434 e. The Morgan fingerprint density at radius 2 is 2.10 bits per heavy atom. The van der Waals surface area contributed by atoms with Crippen molar-refractivity contribution in [3.05, 3.63) is 0 Å². The van der Waals surface area contributed by atoms with Crippen molar-refractivity contribution in [1.82, 2.24) is 5.32 Å². The Morgan fingerprint density at radius 1 is 1.43 bits per heavy atom. The van der Waals surface area contributed by atoms with Crippen LogP contribution in [0.2, 0.25) is 6.32 Å². The number of ketones is 1. The van der Waals surface area contributed by atoms with E-state index in [9.17, 15) is 4.79 Å². The van der Waals surface area contributed by atoms with E-state index < -0.39 is 0 Å². The van der Waals surface area contributed by atoms with Gasteiger partial charge in [-0.25, -0.2) is 0 Å². The Balaban J connectivity index is 2.24. The molecular weight excluding hydrogens is 285 g/mol. The highest BCUT2D eigenvalue weighted by molar-refractivity contribution is 7.81. The highest BCUT2D eigenvalue weighted by Crippen LogP contribution is 2.31. The number of carbonyl (C=O) groups excluding carboxylic acids is 1. The fourth-order valence-electron chi connectivity index (χ4n) is 2.42. The van der Waals surface area contributed by atoms with Gasteiger partial charge in [0.05, 0.1) is 11.6 Å². The number of hydrogen-bond donors (Lipinski definition) is 3. The van der Waals surface area contributed by atoms with Gasteiger partial charge < -0.3 is 15.1 Å². The monoisotopic (exact) mass is 314 g/mol. The first kappa shape index (κ1) is 19.0. The molecule has 1 aliphatic rings. The second kappa shape index (κ2) is 8.00. The maximum Gasteiger partial charge on any atom is 0.293 e. The van der Waals surface area contributed by atoms with E-state index in [0.29, 0.717) is 5.92 Å². The summed E-state index contributed by atoms with van der Waals surface area (Å²) < 4.78 is 5.62. The number of hydrogen-bond acceptors (Lipinski definition) is 5. The van der Waals surface area contributed by atoms with Crippen LogP contribution < -0.4 is 5.32 Å². The molecule has 121 valence electrons. The van der Waals surface area contributed by atoms with Crippen LogP contribution in [0.15, 0.2) is 0 Å². The SMILES string of the molecule is CC(C)(S)C(C)(C)O[B]CCCC1CCNC1C(=O)CO. The highest BCUT2D eigenvalue weighted by Gasteiger charge is 2.34. The van der Waals surface area contributed by atoms with Gasteiger partial charge in [-0.05, 0) is 53.0 Å². The summed E-state index contributed by atoms with van der Waals surface area (Å²) in [6.45, 7) is 8.65. The van der Waals surface area contributed by atoms with Gasteiger partial charge in [0.1, 0.15) is 6.61 Å². The van der Waals surface area contributed by atoms with Crippen LogP contribution in [0.3, 0.4) is 0 Å². The zero-order chi connectivity index (χ0) is 16.1. The molecule has 2 unspecified atom stereocenters. The molecule has 1 fully saturated rings. The number of carbonyl (C=O) groups is 1. The second-order valence-corrected chi connectivity index (χ2v) is 8.01. The lowest BCUT2D eigenvalue weighted by Gasteiger charge is -2.38. The molecule has 0 bridgehead atoms. The summed E-state index contributed by atoms with van der Waals surface area (Å²) in [6, 6.07) is -0.163. The Labute approximate surface area is 135 Å². The van der Waals surface area contributed by atoms with Crippen LogP contribution in [0.25, 0.3) is 0 Å². The molecule has 0 spiro atoms.